The molecule has 15 heavy (non-hydrogen) atoms. The van der Waals surface area contributed by atoms with Crippen LogP contribution in [0.3, 0.4) is 0 Å². The molecule has 0 atom stereocenters. The van der Waals surface area contributed by atoms with E-state index in [-0.39, 0.29) is 0 Å². The van der Waals surface area contributed by atoms with Crippen molar-refractivity contribution in [3.05, 3.63) is 30.1 Å². The Kier molecular flexibility index (Phi) is 1.49. The maximum Gasteiger partial charge on any atom is 0.338 e. The van der Waals surface area contributed by atoms with Crippen molar-refractivity contribution in [1.82, 2.24) is 4.57 Å². The predicted molar refractivity (Wildman–Crippen MR) is 58.6 cm³/mol. The van der Waals surface area contributed by atoms with Gasteiger partial charge in [0.25, 0.3) is 5.82 Å². The zero-order valence-electron chi connectivity index (χ0n) is 9.11. The molecule has 0 unspecified atom stereocenters. The summed E-state index contributed by atoms with van der Waals surface area (Å²) in [7, 11) is 4.10. The lowest BCUT2D eigenvalue weighted by Gasteiger charge is -1.90. The predicted octanol–water partition coefficient (Wildman–Crippen LogP) is 2.06. The third-order valence-corrected chi connectivity index (χ3v) is 3.16. The zero-order chi connectivity index (χ0) is 10.6. The van der Waals surface area contributed by atoms with Gasteiger partial charge in [-0.15, -0.1) is 0 Å². The topological polar surface area (TPSA) is 21.9 Å². The summed E-state index contributed by atoms with van der Waals surface area (Å²) in [4.78, 5) is 0. The molecule has 0 fully saturated rings. The molecule has 2 heterocycles. The van der Waals surface area contributed by atoms with Gasteiger partial charge in [-0.05, 0) is 12.1 Å². The van der Waals surface area contributed by atoms with Crippen molar-refractivity contribution in [2.45, 2.75) is 6.92 Å². The van der Waals surface area contributed by atoms with Gasteiger partial charge < -0.3 is 4.42 Å². The smallest absolute Gasteiger partial charge is 0.338 e. The first kappa shape index (κ1) is 8.53. The molecule has 1 aromatic carbocycles. The van der Waals surface area contributed by atoms with E-state index in [1.54, 1.807) is 0 Å². The minimum absolute atomic E-state index is 0.941. The second kappa shape index (κ2) is 2.63. The molecule has 3 aromatic rings. The minimum atomic E-state index is 0.941. The number of para-hydroxylation sites is 1. The van der Waals surface area contributed by atoms with E-state index in [0.717, 1.165) is 11.3 Å². The standard InChI is InChI=1S/C12H13N2O/c1-8-13(2)11-9-6-4-5-7-10(9)15-12(11)14(8)3/h4-7H,1-3H3/q+1. The molecule has 0 saturated heterocycles. The Morgan fingerprint density at radius 1 is 1.27 bits per heavy atom. The van der Waals surface area contributed by atoms with Crippen molar-refractivity contribution in [3.63, 3.8) is 0 Å². The van der Waals surface area contributed by atoms with Crippen LogP contribution in [0, 0.1) is 6.92 Å². The van der Waals surface area contributed by atoms with Crippen LogP contribution in [0.4, 0.5) is 0 Å². The number of rotatable bonds is 0. The first-order chi connectivity index (χ1) is 7.20. The summed E-state index contributed by atoms with van der Waals surface area (Å²) >= 11 is 0. The van der Waals surface area contributed by atoms with Crippen LogP contribution in [-0.2, 0) is 14.1 Å². The quantitative estimate of drug-likeness (QED) is 0.510. The largest absolute Gasteiger partial charge is 0.419 e. The fourth-order valence-electron chi connectivity index (χ4n) is 2.10. The molecular weight excluding hydrogens is 188 g/mol. The van der Waals surface area contributed by atoms with Crippen molar-refractivity contribution in [2.75, 3.05) is 0 Å². The van der Waals surface area contributed by atoms with Crippen LogP contribution in [0.1, 0.15) is 5.82 Å². The SMILES string of the molecule is Cc1n(C)c2c3ccccc3oc2[n+]1C. The fraction of sp³-hybridized carbons (Fsp3) is 0.250. The van der Waals surface area contributed by atoms with Crippen LogP contribution >= 0.6 is 0 Å². The highest BCUT2D eigenvalue weighted by Gasteiger charge is 2.23. The Hall–Kier alpha value is -1.77. The van der Waals surface area contributed by atoms with Gasteiger partial charge in [0.1, 0.15) is 5.58 Å². The van der Waals surface area contributed by atoms with Gasteiger partial charge in [-0.25, -0.2) is 4.57 Å². The van der Waals surface area contributed by atoms with Crippen LogP contribution in [-0.4, -0.2) is 4.57 Å². The van der Waals surface area contributed by atoms with Gasteiger partial charge >= 0.3 is 5.71 Å². The van der Waals surface area contributed by atoms with Crippen molar-refractivity contribution in [2.24, 2.45) is 14.1 Å². The monoisotopic (exact) mass is 201 g/mol. The van der Waals surface area contributed by atoms with Gasteiger partial charge in [-0.1, -0.05) is 12.1 Å². The van der Waals surface area contributed by atoms with Crippen molar-refractivity contribution >= 4 is 22.2 Å². The highest BCUT2D eigenvalue weighted by Crippen LogP contribution is 2.26. The summed E-state index contributed by atoms with van der Waals surface area (Å²) in [5.74, 6) is 1.19. The van der Waals surface area contributed by atoms with E-state index in [0.29, 0.717) is 0 Å². The molecule has 3 heteroatoms. The van der Waals surface area contributed by atoms with E-state index in [9.17, 15) is 0 Å². The zero-order valence-corrected chi connectivity index (χ0v) is 9.11. The van der Waals surface area contributed by atoms with Crippen LogP contribution < -0.4 is 4.57 Å². The molecule has 3 rings (SSSR count). The molecule has 0 saturated carbocycles. The summed E-state index contributed by atoms with van der Waals surface area (Å²) in [6.07, 6.45) is 0. The first-order valence-electron chi connectivity index (χ1n) is 5.02. The van der Waals surface area contributed by atoms with Crippen LogP contribution in [0.5, 0.6) is 0 Å². The Morgan fingerprint density at radius 2 is 2.00 bits per heavy atom. The van der Waals surface area contributed by atoms with Gasteiger partial charge in [0.2, 0.25) is 5.52 Å². The molecule has 0 radical (unpaired) electrons. The van der Waals surface area contributed by atoms with E-state index < -0.39 is 0 Å². The number of imidazole rings is 1. The number of fused-ring (bicyclic) bond motifs is 3. The van der Waals surface area contributed by atoms with Gasteiger partial charge in [-0.3, -0.25) is 0 Å². The van der Waals surface area contributed by atoms with Crippen LogP contribution in [0.15, 0.2) is 28.7 Å². The summed E-state index contributed by atoms with van der Waals surface area (Å²) < 4.78 is 10.1. The molecule has 3 nitrogen and oxygen atoms in total. The lowest BCUT2D eigenvalue weighted by atomic mass is 10.2. The van der Waals surface area contributed by atoms with E-state index in [4.69, 9.17) is 4.42 Å². The summed E-state index contributed by atoms with van der Waals surface area (Å²) in [6, 6.07) is 8.14. The van der Waals surface area contributed by atoms with Crippen molar-refractivity contribution in [3.8, 4) is 0 Å². The van der Waals surface area contributed by atoms with Gasteiger partial charge in [0.05, 0.1) is 19.5 Å². The summed E-state index contributed by atoms with van der Waals surface area (Å²) in [5.41, 5.74) is 3.07. The maximum absolute atomic E-state index is 5.83. The van der Waals surface area contributed by atoms with Crippen molar-refractivity contribution < 1.29 is 8.98 Å². The van der Waals surface area contributed by atoms with Gasteiger partial charge in [0.15, 0.2) is 0 Å². The molecule has 0 bridgehead atoms. The number of hydrogen-bond acceptors (Lipinski definition) is 1. The molecule has 0 N–H and O–H groups in total. The minimum Gasteiger partial charge on any atom is -0.419 e. The third-order valence-electron chi connectivity index (χ3n) is 3.16. The number of furan rings is 1. The highest BCUT2D eigenvalue weighted by molar-refractivity contribution is 6.00. The Balaban J connectivity index is 2.65. The number of aryl methyl sites for hydroxylation is 2. The average Bonchev–Trinajstić information content (AvgIpc) is 2.72. The number of benzene rings is 1. The molecule has 0 aliphatic rings. The van der Waals surface area contributed by atoms with E-state index in [1.807, 2.05) is 25.2 Å². The van der Waals surface area contributed by atoms with E-state index in [2.05, 4.69) is 29.2 Å². The Bertz CT molecular complexity index is 661. The normalized spacial score (nSPS) is 11.7. The van der Waals surface area contributed by atoms with Crippen LogP contribution in [0.2, 0.25) is 0 Å². The summed E-state index contributed by atoms with van der Waals surface area (Å²) in [6.45, 7) is 2.09. The molecule has 2 aromatic heterocycles. The lowest BCUT2D eigenvalue weighted by Crippen LogP contribution is -2.30. The maximum atomic E-state index is 5.83. The Labute approximate surface area is 87.5 Å². The molecular formula is C12H13N2O+. The van der Waals surface area contributed by atoms with Crippen LogP contribution in [0.25, 0.3) is 22.2 Å². The van der Waals surface area contributed by atoms with E-state index in [1.165, 1.54) is 16.7 Å². The molecule has 0 spiro atoms. The van der Waals surface area contributed by atoms with E-state index >= 15 is 0 Å². The van der Waals surface area contributed by atoms with Gasteiger partial charge in [-0.2, -0.15) is 4.57 Å². The number of hydrogen-bond donors (Lipinski definition) is 0. The average molecular weight is 201 g/mol. The lowest BCUT2D eigenvalue weighted by molar-refractivity contribution is -0.658. The molecule has 76 valence electrons. The third kappa shape index (κ3) is 0.923. The molecule has 0 aliphatic carbocycles. The van der Waals surface area contributed by atoms with Gasteiger partial charge in [0, 0.05) is 6.92 Å². The summed E-state index contributed by atoms with van der Waals surface area (Å²) in [5, 5.41) is 1.18. The second-order valence-electron chi connectivity index (χ2n) is 3.92. The first-order valence-corrected chi connectivity index (χ1v) is 5.02. The Morgan fingerprint density at radius 3 is 2.80 bits per heavy atom. The fourth-order valence-corrected chi connectivity index (χ4v) is 2.10. The van der Waals surface area contributed by atoms with Crippen molar-refractivity contribution in [1.29, 1.82) is 0 Å². The molecule has 0 amide bonds. The number of aromatic nitrogens is 2. The molecule has 0 aliphatic heterocycles. The second-order valence-corrected chi connectivity index (χ2v) is 3.92. The highest BCUT2D eigenvalue weighted by atomic mass is 16.3. The number of nitrogens with zero attached hydrogens (tertiary/aromatic N) is 2.